The molecular weight excluding hydrogens is 211 g/mol. The Morgan fingerprint density at radius 2 is 2.13 bits per heavy atom. The molecule has 2 rings (SSSR count). The Labute approximate surface area is 91.8 Å². The summed E-state index contributed by atoms with van der Waals surface area (Å²) in [6.45, 7) is 1.28. The number of aromatic nitrogens is 1. The maximum atomic E-state index is 13.2. The molecule has 1 aromatic heterocycles. The third kappa shape index (κ3) is 2.84. The van der Waals surface area contributed by atoms with Gasteiger partial charge in [-0.1, -0.05) is 18.2 Å². The highest BCUT2D eigenvalue weighted by molar-refractivity contribution is 7.09. The maximum absolute atomic E-state index is 13.2. The summed E-state index contributed by atoms with van der Waals surface area (Å²) in [5.41, 5.74) is 2.49. The zero-order chi connectivity index (χ0) is 10.5. The molecule has 78 valence electrons. The van der Waals surface area contributed by atoms with Crippen LogP contribution in [0.5, 0.6) is 0 Å². The van der Waals surface area contributed by atoms with E-state index in [-0.39, 0.29) is 5.82 Å². The van der Waals surface area contributed by atoms with Crippen LogP contribution in [0.3, 0.4) is 0 Å². The van der Waals surface area contributed by atoms with Crippen molar-refractivity contribution < 1.29 is 4.39 Å². The van der Waals surface area contributed by atoms with Crippen LogP contribution in [0.1, 0.15) is 10.4 Å². The molecule has 0 aliphatic carbocycles. The number of thiazole rings is 1. The third-order valence-corrected chi connectivity index (χ3v) is 2.84. The summed E-state index contributed by atoms with van der Waals surface area (Å²) in [4.78, 5) is 5.13. The number of nitrogens with zero attached hydrogens (tertiary/aromatic N) is 1. The molecule has 0 saturated heterocycles. The van der Waals surface area contributed by atoms with E-state index >= 15 is 0 Å². The van der Waals surface area contributed by atoms with Gasteiger partial charge in [-0.15, -0.1) is 11.3 Å². The Balaban J connectivity index is 1.86. The lowest BCUT2D eigenvalue weighted by Gasteiger charge is -2.03. The first-order valence-electron chi connectivity index (χ1n) is 4.68. The van der Waals surface area contributed by atoms with Gasteiger partial charge in [0.15, 0.2) is 0 Å². The van der Waals surface area contributed by atoms with Gasteiger partial charge >= 0.3 is 0 Å². The predicted molar refractivity (Wildman–Crippen MR) is 59.1 cm³/mol. The van der Waals surface area contributed by atoms with Crippen LogP contribution in [0, 0.1) is 5.82 Å². The Bertz CT molecular complexity index is 414. The van der Waals surface area contributed by atoms with Crippen molar-refractivity contribution in [3.05, 3.63) is 52.2 Å². The van der Waals surface area contributed by atoms with E-state index in [2.05, 4.69) is 10.3 Å². The second kappa shape index (κ2) is 5.00. The van der Waals surface area contributed by atoms with Gasteiger partial charge in [-0.2, -0.15) is 0 Å². The topological polar surface area (TPSA) is 24.9 Å². The number of benzene rings is 1. The molecule has 0 unspecified atom stereocenters. The van der Waals surface area contributed by atoms with E-state index in [9.17, 15) is 4.39 Å². The monoisotopic (exact) mass is 222 g/mol. The standard InChI is InChI=1S/C11H11FN2S/c12-11-4-2-1-3-9(11)5-13-6-10-7-14-8-15-10/h1-4,7-8,13H,5-6H2. The number of rotatable bonds is 4. The Morgan fingerprint density at radius 3 is 2.87 bits per heavy atom. The molecular formula is C11H11FN2S. The quantitative estimate of drug-likeness (QED) is 0.860. The second-order valence-corrected chi connectivity index (χ2v) is 4.13. The number of nitrogens with one attached hydrogen (secondary N) is 1. The smallest absolute Gasteiger partial charge is 0.127 e. The lowest BCUT2D eigenvalue weighted by Crippen LogP contribution is -2.12. The molecule has 1 heterocycles. The average molecular weight is 222 g/mol. The minimum atomic E-state index is -0.158. The maximum Gasteiger partial charge on any atom is 0.127 e. The largest absolute Gasteiger partial charge is 0.308 e. The fourth-order valence-electron chi connectivity index (χ4n) is 1.29. The summed E-state index contributed by atoms with van der Waals surface area (Å²) >= 11 is 1.59. The Kier molecular flexibility index (Phi) is 3.42. The number of hydrogen-bond acceptors (Lipinski definition) is 3. The molecule has 0 spiro atoms. The molecule has 0 atom stereocenters. The summed E-state index contributed by atoms with van der Waals surface area (Å²) in [7, 11) is 0. The fourth-order valence-corrected chi connectivity index (χ4v) is 1.86. The van der Waals surface area contributed by atoms with Crippen molar-refractivity contribution in [2.45, 2.75) is 13.1 Å². The van der Waals surface area contributed by atoms with Crippen molar-refractivity contribution in [3.8, 4) is 0 Å². The molecule has 0 bridgehead atoms. The highest BCUT2D eigenvalue weighted by Gasteiger charge is 2.00. The summed E-state index contributed by atoms with van der Waals surface area (Å²) in [5, 5.41) is 3.18. The molecule has 0 radical (unpaired) electrons. The second-order valence-electron chi connectivity index (χ2n) is 3.16. The summed E-state index contributed by atoms with van der Waals surface area (Å²) < 4.78 is 13.2. The highest BCUT2D eigenvalue weighted by atomic mass is 32.1. The first kappa shape index (κ1) is 10.3. The van der Waals surface area contributed by atoms with Gasteiger partial charge in [-0.3, -0.25) is 4.98 Å². The van der Waals surface area contributed by atoms with Crippen LogP contribution in [-0.4, -0.2) is 4.98 Å². The average Bonchev–Trinajstić information content (AvgIpc) is 2.74. The third-order valence-electron chi connectivity index (χ3n) is 2.06. The number of hydrogen-bond donors (Lipinski definition) is 1. The SMILES string of the molecule is Fc1ccccc1CNCc1cncs1. The first-order chi connectivity index (χ1) is 7.36. The van der Waals surface area contributed by atoms with E-state index in [0.717, 1.165) is 11.4 Å². The van der Waals surface area contributed by atoms with Gasteiger partial charge in [-0.25, -0.2) is 4.39 Å². The lowest BCUT2D eigenvalue weighted by molar-refractivity contribution is 0.589. The molecule has 0 fully saturated rings. The minimum absolute atomic E-state index is 0.158. The van der Waals surface area contributed by atoms with Crippen LogP contribution in [0.4, 0.5) is 4.39 Å². The molecule has 4 heteroatoms. The Morgan fingerprint density at radius 1 is 1.27 bits per heavy atom. The first-order valence-corrected chi connectivity index (χ1v) is 5.56. The van der Waals surface area contributed by atoms with E-state index in [0.29, 0.717) is 12.1 Å². The van der Waals surface area contributed by atoms with Gasteiger partial charge < -0.3 is 5.32 Å². The summed E-state index contributed by atoms with van der Waals surface area (Å²) in [5.74, 6) is -0.158. The minimum Gasteiger partial charge on any atom is -0.308 e. The molecule has 2 nitrogen and oxygen atoms in total. The van der Waals surface area contributed by atoms with Gasteiger partial charge in [0, 0.05) is 29.7 Å². The molecule has 0 aliphatic heterocycles. The van der Waals surface area contributed by atoms with Crippen molar-refractivity contribution in [1.82, 2.24) is 10.3 Å². The van der Waals surface area contributed by atoms with Crippen molar-refractivity contribution in [1.29, 1.82) is 0 Å². The van der Waals surface area contributed by atoms with Crippen LogP contribution in [0.25, 0.3) is 0 Å². The molecule has 2 aromatic rings. The van der Waals surface area contributed by atoms with Gasteiger partial charge in [0.25, 0.3) is 0 Å². The molecule has 15 heavy (non-hydrogen) atoms. The van der Waals surface area contributed by atoms with Gasteiger partial charge in [0.1, 0.15) is 5.82 Å². The zero-order valence-electron chi connectivity index (χ0n) is 8.11. The highest BCUT2D eigenvalue weighted by Crippen LogP contribution is 2.07. The van der Waals surface area contributed by atoms with Crippen LogP contribution in [0.2, 0.25) is 0 Å². The van der Waals surface area contributed by atoms with Crippen LogP contribution < -0.4 is 5.32 Å². The predicted octanol–water partition coefficient (Wildman–Crippen LogP) is 2.57. The van der Waals surface area contributed by atoms with Gasteiger partial charge in [-0.05, 0) is 6.07 Å². The molecule has 0 aliphatic rings. The molecule has 1 aromatic carbocycles. The number of halogens is 1. The van der Waals surface area contributed by atoms with E-state index in [4.69, 9.17) is 0 Å². The Hall–Kier alpha value is -1.26. The fraction of sp³-hybridized carbons (Fsp3) is 0.182. The van der Waals surface area contributed by atoms with E-state index in [1.807, 2.05) is 12.3 Å². The molecule has 1 N–H and O–H groups in total. The molecule has 0 amide bonds. The van der Waals surface area contributed by atoms with E-state index < -0.39 is 0 Å². The van der Waals surface area contributed by atoms with Crippen molar-refractivity contribution >= 4 is 11.3 Å². The van der Waals surface area contributed by atoms with E-state index in [1.54, 1.807) is 29.0 Å². The zero-order valence-corrected chi connectivity index (χ0v) is 8.93. The summed E-state index contributed by atoms with van der Waals surface area (Å²) in [6.07, 6.45) is 1.82. The summed E-state index contributed by atoms with van der Waals surface area (Å²) in [6, 6.07) is 6.80. The van der Waals surface area contributed by atoms with Crippen LogP contribution in [0.15, 0.2) is 36.0 Å². The van der Waals surface area contributed by atoms with Gasteiger partial charge in [0.2, 0.25) is 0 Å². The van der Waals surface area contributed by atoms with Crippen LogP contribution >= 0.6 is 11.3 Å². The van der Waals surface area contributed by atoms with Crippen molar-refractivity contribution in [2.75, 3.05) is 0 Å². The van der Waals surface area contributed by atoms with E-state index in [1.165, 1.54) is 6.07 Å². The lowest BCUT2D eigenvalue weighted by atomic mass is 10.2. The molecule has 0 saturated carbocycles. The normalized spacial score (nSPS) is 10.5. The van der Waals surface area contributed by atoms with Crippen molar-refractivity contribution in [2.24, 2.45) is 0 Å². The van der Waals surface area contributed by atoms with Crippen molar-refractivity contribution in [3.63, 3.8) is 0 Å². The van der Waals surface area contributed by atoms with Crippen LogP contribution in [-0.2, 0) is 13.1 Å². The van der Waals surface area contributed by atoms with Gasteiger partial charge in [0.05, 0.1) is 5.51 Å².